The summed E-state index contributed by atoms with van der Waals surface area (Å²) >= 11 is 0. The highest BCUT2D eigenvalue weighted by molar-refractivity contribution is 5.85. The predicted octanol–water partition coefficient (Wildman–Crippen LogP) is 2.18. The van der Waals surface area contributed by atoms with Crippen molar-refractivity contribution in [3.63, 3.8) is 0 Å². The summed E-state index contributed by atoms with van der Waals surface area (Å²) in [5, 5.41) is 12.5. The molecule has 1 aliphatic heterocycles. The normalized spacial score (nSPS) is 26.6. The first-order valence-electron chi connectivity index (χ1n) is 3.54. The topological polar surface area (TPSA) is 23.1 Å². The number of halogens is 1. The van der Waals surface area contributed by atoms with Crippen LogP contribution in [0.1, 0.15) is 27.7 Å². The van der Waals surface area contributed by atoms with Crippen molar-refractivity contribution in [1.82, 2.24) is 5.06 Å². The molecular weight excluding hydrogens is 162 g/mol. The molecule has 11 heavy (non-hydrogen) atoms. The highest BCUT2D eigenvalue weighted by Gasteiger charge is 2.40. The van der Waals surface area contributed by atoms with E-state index < -0.39 is 0 Å². The predicted molar refractivity (Wildman–Crippen MR) is 47.1 cm³/mol. The molecule has 0 bridgehead atoms. The maximum absolute atomic E-state index is 11.4. The molecule has 0 amide bonds. The van der Waals surface area contributed by atoms with Crippen LogP contribution in [0.2, 0.25) is 0 Å². The highest BCUT2D eigenvalue weighted by Crippen LogP contribution is 2.32. The van der Waals surface area contributed by atoms with Crippen molar-refractivity contribution in [1.29, 1.82) is 0 Å². The summed E-state index contributed by atoms with van der Waals surface area (Å²) in [5.41, 5.74) is -0.632. The van der Waals surface area contributed by atoms with Crippen LogP contribution in [-0.2, 0) is 5.21 Å². The first-order valence-corrected chi connectivity index (χ1v) is 3.54. The molecule has 1 radical (unpaired) electrons. The Bertz CT molecular complexity index is 157. The van der Waals surface area contributed by atoms with Crippen LogP contribution < -0.4 is 0 Å². The second-order valence-corrected chi connectivity index (χ2v) is 3.94. The molecule has 1 rings (SSSR count). The van der Waals surface area contributed by atoms with Gasteiger partial charge in [0, 0.05) is 0 Å². The van der Waals surface area contributed by atoms with Gasteiger partial charge in [-0.25, -0.2) is 0 Å². The summed E-state index contributed by atoms with van der Waals surface area (Å²) in [6.45, 7) is 7.69. The Morgan fingerprint density at radius 3 is 1.36 bits per heavy atom. The van der Waals surface area contributed by atoms with E-state index >= 15 is 0 Å². The van der Waals surface area contributed by atoms with Gasteiger partial charge in [-0.15, -0.1) is 22.7 Å². The Hall–Kier alpha value is -0.0500. The molecule has 0 unspecified atom stereocenters. The number of hydroxylamine groups is 2. The van der Waals surface area contributed by atoms with Gasteiger partial charge in [-0.2, -0.15) is 0 Å². The van der Waals surface area contributed by atoms with Gasteiger partial charge in [0.15, 0.2) is 0 Å². The lowest BCUT2D eigenvalue weighted by Gasteiger charge is -2.31. The smallest absolute Gasteiger partial charge is 0.0627 e. The van der Waals surface area contributed by atoms with Crippen LogP contribution in [-0.4, -0.2) is 16.1 Å². The molecule has 0 spiro atoms. The zero-order valence-electron chi connectivity index (χ0n) is 7.42. The van der Waals surface area contributed by atoms with Crippen LogP contribution in [0.5, 0.6) is 0 Å². The maximum Gasteiger partial charge on any atom is 0.0627 e. The van der Waals surface area contributed by atoms with Crippen molar-refractivity contribution >= 4 is 12.4 Å². The van der Waals surface area contributed by atoms with Gasteiger partial charge in [0.2, 0.25) is 0 Å². The standard InChI is InChI=1S/C8H14NO.ClH/c1-7(2)5-6-8(3,4)9(7)10;/h5-6H,1-4H3;1H. The molecule has 0 fully saturated rings. The summed E-state index contributed by atoms with van der Waals surface area (Å²) in [5.74, 6) is 0. The van der Waals surface area contributed by atoms with E-state index in [2.05, 4.69) is 0 Å². The molecule has 3 heteroatoms. The van der Waals surface area contributed by atoms with Crippen LogP contribution in [0.3, 0.4) is 0 Å². The van der Waals surface area contributed by atoms with E-state index in [0.717, 1.165) is 5.06 Å². The van der Waals surface area contributed by atoms with Crippen LogP contribution in [0.15, 0.2) is 12.2 Å². The third-order valence-electron chi connectivity index (χ3n) is 1.95. The van der Waals surface area contributed by atoms with Crippen LogP contribution >= 0.6 is 12.4 Å². The third-order valence-corrected chi connectivity index (χ3v) is 1.95. The molecule has 2 nitrogen and oxygen atoms in total. The second kappa shape index (κ2) is 2.77. The minimum atomic E-state index is -0.316. The number of hydrogen-bond donors (Lipinski definition) is 0. The Labute approximate surface area is 74.3 Å². The van der Waals surface area contributed by atoms with Crippen LogP contribution in [0.4, 0.5) is 0 Å². The van der Waals surface area contributed by atoms with E-state index in [1.807, 2.05) is 39.8 Å². The molecule has 0 saturated heterocycles. The Morgan fingerprint density at radius 1 is 1.00 bits per heavy atom. The summed E-state index contributed by atoms with van der Waals surface area (Å²) in [7, 11) is 0. The van der Waals surface area contributed by atoms with Gasteiger partial charge in [0.25, 0.3) is 0 Å². The Balaban J connectivity index is 0.000001000. The molecule has 0 atom stereocenters. The van der Waals surface area contributed by atoms with Gasteiger partial charge in [-0.1, -0.05) is 12.2 Å². The third kappa shape index (κ3) is 1.75. The number of hydrogen-bond acceptors (Lipinski definition) is 1. The van der Waals surface area contributed by atoms with Gasteiger partial charge in [-0.3, -0.25) is 0 Å². The van der Waals surface area contributed by atoms with E-state index in [1.165, 1.54) is 0 Å². The largest absolute Gasteiger partial charge is 0.147 e. The van der Waals surface area contributed by atoms with Crippen LogP contribution in [0, 0.1) is 0 Å². The highest BCUT2D eigenvalue weighted by atomic mass is 35.5. The SMILES string of the molecule is CC1(C)C=CC(C)(C)N1[O].Cl. The number of nitrogens with zero attached hydrogens (tertiary/aromatic N) is 1. The van der Waals surface area contributed by atoms with Gasteiger partial charge in [0.1, 0.15) is 0 Å². The van der Waals surface area contributed by atoms with Crippen molar-refractivity contribution < 1.29 is 5.21 Å². The monoisotopic (exact) mass is 176 g/mol. The van der Waals surface area contributed by atoms with E-state index in [1.54, 1.807) is 0 Å². The van der Waals surface area contributed by atoms with Crippen molar-refractivity contribution in [2.45, 2.75) is 38.8 Å². The molecule has 0 saturated carbocycles. The maximum atomic E-state index is 11.4. The van der Waals surface area contributed by atoms with E-state index in [9.17, 15) is 5.21 Å². The fourth-order valence-corrected chi connectivity index (χ4v) is 1.29. The first kappa shape index (κ1) is 11.0. The molecule has 1 heterocycles. The lowest BCUT2D eigenvalue weighted by atomic mass is 10.1. The van der Waals surface area contributed by atoms with E-state index in [4.69, 9.17) is 0 Å². The minimum absolute atomic E-state index is 0. The molecular formula is C8H15ClNO. The quantitative estimate of drug-likeness (QED) is 0.519. The summed E-state index contributed by atoms with van der Waals surface area (Å²) in [6.07, 6.45) is 3.92. The fraction of sp³-hybridized carbons (Fsp3) is 0.750. The molecule has 0 aliphatic carbocycles. The lowest BCUT2D eigenvalue weighted by Crippen LogP contribution is -2.45. The average Bonchev–Trinajstić information content (AvgIpc) is 1.95. The summed E-state index contributed by atoms with van der Waals surface area (Å²) < 4.78 is 0. The Morgan fingerprint density at radius 2 is 1.27 bits per heavy atom. The van der Waals surface area contributed by atoms with Crippen molar-refractivity contribution in [3.05, 3.63) is 12.2 Å². The zero-order chi connectivity index (χ0) is 7.99. The zero-order valence-corrected chi connectivity index (χ0v) is 8.23. The fourth-order valence-electron chi connectivity index (χ4n) is 1.29. The van der Waals surface area contributed by atoms with E-state index in [-0.39, 0.29) is 23.5 Å². The summed E-state index contributed by atoms with van der Waals surface area (Å²) in [6, 6.07) is 0. The van der Waals surface area contributed by atoms with Crippen molar-refractivity contribution in [2.24, 2.45) is 0 Å². The molecule has 0 aromatic heterocycles. The molecule has 65 valence electrons. The first-order chi connectivity index (χ1) is 4.36. The van der Waals surface area contributed by atoms with Gasteiger partial charge >= 0.3 is 0 Å². The second-order valence-electron chi connectivity index (χ2n) is 3.94. The Kier molecular flexibility index (Phi) is 2.76. The van der Waals surface area contributed by atoms with Gasteiger partial charge in [0.05, 0.1) is 11.1 Å². The van der Waals surface area contributed by atoms with Crippen LogP contribution in [0.25, 0.3) is 0 Å². The van der Waals surface area contributed by atoms with E-state index in [0.29, 0.717) is 0 Å². The molecule has 0 N–H and O–H groups in total. The number of rotatable bonds is 0. The lowest BCUT2D eigenvalue weighted by molar-refractivity contribution is -0.236. The van der Waals surface area contributed by atoms with Crippen molar-refractivity contribution in [3.8, 4) is 0 Å². The van der Waals surface area contributed by atoms with Gasteiger partial charge < -0.3 is 0 Å². The molecule has 1 aliphatic rings. The molecule has 0 aromatic carbocycles. The van der Waals surface area contributed by atoms with Crippen molar-refractivity contribution in [2.75, 3.05) is 0 Å². The summed E-state index contributed by atoms with van der Waals surface area (Å²) in [4.78, 5) is 0. The molecule has 0 aromatic rings. The minimum Gasteiger partial charge on any atom is -0.147 e. The van der Waals surface area contributed by atoms with Gasteiger partial charge in [-0.05, 0) is 27.7 Å². The average molecular weight is 177 g/mol.